The minimum Gasteiger partial charge on any atom is -0.496 e. The highest BCUT2D eigenvalue weighted by Gasteiger charge is 2.21. The number of hydrogen-bond donors (Lipinski definition) is 0. The molecule has 1 heterocycles. The van der Waals surface area contributed by atoms with Crippen molar-refractivity contribution in [2.45, 2.75) is 6.61 Å². The molecular weight excluding hydrogens is 404 g/mol. The molecular formula is C21H16F4N2O3. The van der Waals surface area contributed by atoms with Crippen LogP contribution in [0.4, 0.5) is 17.6 Å². The summed E-state index contributed by atoms with van der Waals surface area (Å²) in [4.78, 5) is 12.2. The topological polar surface area (TPSA) is 53.3 Å². The summed E-state index contributed by atoms with van der Waals surface area (Å²) in [5.41, 5.74) is 1.30. The van der Waals surface area contributed by atoms with Crippen LogP contribution < -0.4 is 9.47 Å². The standard InChI is InChI=1S/C21H16F4N2O3/c1-27-16(7-8-26-27)17(28)5-3-12-4-6-18(29-2)13(9-12)11-30-21-19(24)14(22)10-15(23)20(21)25/h3-10H,11H2,1-2H3/b5-3+. The zero-order valence-electron chi connectivity index (χ0n) is 16.0. The lowest BCUT2D eigenvalue weighted by Crippen LogP contribution is -2.05. The molecule has 0 bridgehead atoms. The molecule has 30 heavy (non-hydrogen) atoms. The summed E-state index contributed by atoms with van der Waals surface area (Å²) in [6.07, 6.45) is 4.36. The van der Waals surface area contributed by atoms with Crippen LogP contribution >= 0.6 is 0 Å². The van der Waals surface area contributed by atoms with Crippen molar-refractivity contribution in [1.82, 2.24) is 9.78 Å². The van der Waals surface area contributed by atoms with E-state index in [0.29, 0.717) is 22.6 Å². The molecule has 0 aliphatic rings. The van der Waals surface area contributed by atoms with Crippen molar-refractivity contribution in [3.05, 3.63) is 82.7 Å². The highest BCUT2D eigenvalue weighted by Crippen LogP contribution is 2.29. The lowest BCUT2D eigenvalue weighted by Gasteiger charge is -2.13. The van der Waals surface area contributed by atoms with Gasteiger partial charge in [-0.1, -0.05) is 12.1 Å². The molecule has 0 saturated carbocycles. The fourth-order valence-electron chi connectivity index (χ4n) is 2.72. The van der Waals surface area contributed by atoms with Gasteiger partial charge in [-0.15, -0.1) is 0 Å². The molecule has 5 nitrogen and oxygen atoms in total. The molecule has 0 saturated heterocycles. The second kappa shape index (κ2) is 8.81. The average molecular weight is 420 g/mol. The van der Waals surface area contributed by atoms with E-state index < -0.39 is 35.6 Å². The number of allylic oxidation sites excluding steroid dienone is 1. The number of methoxy groups -OCH3 is 1. The molecule has 9 heteroatoms. The van der Waals surface area contributed by atoms with Gasteiger partial charge >= 0.3 is 0 Å². The number of aryl methyl sites for hydroxylation is 1. The Hall–Kier alpha value is -3.62. The lowest BCUT2D eigenvalue weighted by atomic mass is 10.1. The van der Waals surface area contributed by atoms with E-state index in [1.807, 2.05) is 0 Å². The number of benzene rings is 2. The number of halogens is 4. The van der Waals surface area contributed by atoms with Crippen LogP contribution in [-0.2, 0) is 13.7 Å². The smallest absolute Gasteiger partial charge is 0.203 e. The van der Waals surface area contributed by atoms with Crippen LogP contribution in [0.1, 0.15) is 21.6 Å². The predicted molar refractivity (Wildman–Crippen MR) is 100 cm³/mol. The SMILES string of the molecule is COc1ccc(/C=C/C(=O)c2ccnn2C)cc1COc1c(F)c(F)cc(F)c1F. The molecule has 3 rings (SSSR count). The van der Waals surface area contributed by atoms with Crippen LogP contribution in [-0.4, -0.2) is 22.7 Å². The Morgan fingerprint density at radius 2 is 1.80 bits per heavy atom. The molecule has 0 aliphatic heterocycles. The first-order valence-corrected chi connectivity index (χ1v) is 8.65. The van der Waals surface area contributed by atoms with Gasteiger partial charge in [0.25, 0.3) is 0 Å². The minimum atomic E-state index is -1.63. The molecule has 2 aromatic carbocycles. The van der Waals surface area contributed by atoms with Gasteiger partial charge in [-0.2, -0.15) is 13.9 Å². The van der Waals surface area contributed by atoms with Crippen molar-refractivity contribution >= 4 is 11.9 Å². The first-order valence-electron chi connectivity index (χ1n) is 8.65. The number of nitrogens with zero attached hydrogens (tertiary/aromatic N) is 2. The molecule has 0 N–H and O–H groups in total. The monoisotopic (exact) mass is 420 g/mol. The summed E-state index contributed by atoms with van der Waals surface area (Å²) in [6, 6.07) is 6.44. The molecule has 0 fully saturated rings. The van der Waals surface area contributed by atoms with Gasteiger partial charge in [0, 0.05) is 24.9 Å². The van der Waals surface area contributed by atoms with Crippen molar-refractivity contribution in [3.63, 3.8) is 0 Å². The van der Waals surface area contributed by atoms with Gasteiger partial charge in [0.1, 0.15) is 18.1 Å². The van der Waals surface area contributed by atoms with Crippen LogP contribution in [0.15, 0.2) is 42.6 Å². The first kappa shape index (κ1) is 21.1. The van der Waals surface area contributed by atoms with E-state index in [0.717, 1.165) is 0 Å². The second-order valence-electron chi connectivity index (χ2n) is 6.19. The molecule has 0 aliphatic carbocycles. The van der Waals surface area contributed by atoms with E-state index in [4.69, 9.17) is 9.47 Å². The Morgan fingerprint density at radius 3 is 2.40 bits per heavy atom. The van der Waals surface area contributed by atoms with Gasteiger partial charge in [0.05, 0.1) is 7.11 Å². The Morgan fingerprint density at radius 1 is 1.10 bits per heavy atom. The number of carbonyl (C=O) groups is 1. The minimum absolute atomic E-state index is 0.1000. The molecule has 156 valence electrons. The number of aromatic nitrogens is 2. The molecule has 0 spiro atoms. The fourth-order valence-corrected chi connectivity index (χ4v) is 2.72. The largest absolute Gasteiger partial charge is 0.496 e. The van der Waals surface area contributed by atoms with Crippen LogP contribution in [0.5, 0.6) is 11.5 Å². The number of hydrogen-bond acceptors (Lipinski definition) is 4. The number of ketones is 1. The third-order valence-corrected chi connectivity index (χ3v) is 4.25. The Balaban J connectivity index is 1.83. The van der Waals surface area contributed by atoms with Gasteiger partial charge in [-0.05, 0) is 29.8 Å². The van der Waals surface area contributed by atoms with Crippen LogP contribution in [0.25, 0.3) is 6.08 Å². The zero-order chi connectivity index (χ0) is 21.8. The first-order chi connectivity index (χ1) is 14.3. The summed E-state index contributed by atoms with van der Waals surface area (Å²) in [7, 11) is 3.01. The maximum atomic E-state index is 13.8. The van der Waals surface area contributed by atoms with Gasteiger partial charge in [0.15, 0.2) is 17.4 Å². The van der Waals surface area contributed by atoms with Gasteiger partial charge in [0.2, 0.25) is 17.4 Å². The molecule has 0 atom stereocenters. The third kappa shape index (κ3) is 4.35. The lowest BCUT2D eigenvalue weighted by molar-refractivity contribution is 0.103. The molecule has 0 unspecified atom stereocenters. The number of ether oxygens (including phenoxy) is 2. The molecule has 0 radical (unpaired) electrons. The van der Waals surface area contributed by atoms with E-state index >= 15 is 0 Å². The Kier molecular flexibility index (Phi) is 6.20. The van der Waals surface area contributed by atoms with Gasteiger partial charge in [-0.3, -0.25) is 9.48 Å². The van der Waals surface area contributed by atoms with E-state index in [9.17, 15) is 22.4 Å². The number of rotatable bonds is 7. The quantitative estimate of drug-likeness (QED) is 0.245. The van der Waals surface area contributed by atoms with Crippen molar-refractivity contribution in [2.75, 3.05) is 7.11 Å². The highest BCUT2D eigenvalue weighted by molar-refractivity contribution is 6.05. The maximum Gasteiger partial charge on any atom is 0.203 e. The van der Waals surface area contributed by atoms with E-state index in [2.05, 4.69) is 5.10 Å². The summed E-state index contributed by atoms with van der Waals surface area (Å²) < 4.78 is 65.9. The summed E-state index contributed by atoms with van der Waals surface area (Å²) >= 11 is 0. The van der Waals surface area contributed by atoms with Crippen molar-refractivity contribution in [2.24, 2.45) is 7.05 Å². The molecule has 3 aromatic rings. The van der Waals surface area contributed by atoms with Crippen molar-refractivity contribution < 1.29 is 31.8 Å². The van der Waals surface area contributed by atoms with Crippen LogP contribution in [0, 0.1) is 23.3 Å². The van der Waals surface area contributed by atoms with Crippen LogP contribution in [0.3, 0.4) is 0 Å². The highest BCUT2D eigenvalue weighted by atomic mass is 19.2. The fraction of sp³-hybridized carbons (Fsp3) is 0.143. The van der Waals surface area contributed by atoms with Crippen LogP contribution in [0.2, 0.25) is 0 Å². The van der Waals surface area contributed by atoms with E-state index in [-0.39, 0.29) is 11.8 Å². The van der Waals surface area contributed by atoms with Crippen molar-refractivity contribution in [1.29, 1.82) is 0 Å². The Labute approximate surface area is 169 Å². The molecule has 0 amide bonds. The summed E-state index contributed by atoms with van der Waals surface area (Å²) in [5, 5.41) is 3.92. The van der Waals surface area contributed by atoms with E-state index in [1.165, 1.54) is 30.1 Å². The number of carbonyl (C=O) groups excluding carboxylic acids is 1. The maximum absolute atomic E-state index is 13.8. The molecule has 1 aromatic heterocycles. The second-order valence-corrected chi connectivity index (χ2v) is 6.19. The normalized spacial score (nSPS) is 11.1. The predicted octanol–water partition coefficient (Wildman–Crippen LogP) is 4.46. The van der Waals surface area contributed by atoms with Crippen molar-refractivity contribution in [3.8, 4) is 11.5 Å². The average Bonchev–Trinajstić information content (AvgIpc) is 3.16. The van der Waals surface area contributed by atoms with E-state index in [1.54, 1.807) is 31.3 Å². The summed E-state index contributed by atoms with van der Waals surface area (Å²) in [6.45, 7) is -0.433. The Bertz CT molecular complexity index is 1100. The third-order valence-electron chi connectivity index (χ3n) is 4.25. The van der Waals surface area contributed by atoms with Gasteiger partial charge < -0.3 is 9.47 Å². The summed E-state index contributed by atoms with van der Waals surface area (Å²) in [5.74, 6) is -7.52. The van der Waals surface area contributed by atoms with Gasteiger partial charge in [-0.25, -0.2) is 8.78 Å². The zero-order valence-corrected chi connectivity index (χ0v) is 16.0.